The van der Waals surface area contributed by atoms with Crippen molar-refractivity contribution in [3.8, 4) is 0 Å². The molecule has 120 valence electrons. The Balaban J connectivity index is 1.81. The van der Waals surface area contributed by atoms with E-state index in [1.54, 1.807) is 11.1 Å². The van der Waals surface area contributed by atoms with Crippen molar-refractivity contribution in [1.82, 2.24) is 0 Å². The van der Waals surface area contributed by atoms with Gasteiger partial charge in [0.1, 0.15) is 0 Å². The zero-order chi connectivity index (χ0) is 15.9. The predicted molar refractivity (Wildman–Crippen MR) is 99.6 cm³/mol. The van der Waals surface area contributed by atoms with Gasteiger partial charge in [-0.15, -0.1) is 0 Å². The van der Waals surface area contributed by atoms with Crippen LogP contribution in [0, 0.1) is 5.92 Å². The number of hydrogen-bond acceptors (Lipinski definition) is 0. The van der Waals surface area contributed by atoms with Crippen LogP contribution in [-0.4, -0.2) is 0 Å². The van der Waals surface area contributed by atoms with Crippen LogP contribution in [0.15, 0.2) is 71.8 Å². The summed E-state index contributed by atoms with van der Waals surface area (Å²) in [5.41, 5.74) is 6.30. The molecule has 0 heteroatoms. The second kappa shape index (κ2) is 8.15. The standard InChI is InChI=1S/C23H28/c1-19-22(17-20-11-5-2-6-12-20)15-9-4-10-16-23(19)18-21-13-7-3-8-14-21/h2-3,5-8,11-14,22H,4,9-10,15-18H2,1H3/b23-19+. The summed E-state index contributed by atoms with van der Waals surface area (Å²) in [6.07, 6.45) is 9.09. The van der Waals surface area contributed by atoms with E-state index in [1.807, 2.05) is 0 Å². The summed E-state index contributed by atoms with van der Waals surface area (Å²) in [4.78, 5) is 0. The highest BCUT2D eigenvalue weighted by molar-refractivity contribution is 5.27. The molecule has 0 spiro atoms. The Kier molecular flexibility index (Phi) is 5.69. The topological polar surface area (TPSA) is 0 Å². The molecule has 0 bridgehead atoms. The van der Waals surface area contributed by atoms with Crippen molar-refractivity contribution in [3.63, 3.8) is 0 Å². The Morgan fingerprint density at radius 1 is 0.783 bits per heavy atom. The van der Waals surface area contributed by atoms with Crippen molar-refractivity contribution >= 4 is 0 Å². The van der Waals surface area contributed by atoms with Gasteiger partial charge in [0.2, 0.25) is 0 Å². The van der Waals surface area contributed by atoms with E-state index in [0.29, 0.717) is 0 Å². The summed E-state index contributed by atoms with van der Waals surface area (Å²) in [5.74, 6) is 0.719. The molecule has 0 aromatic heterocycles. The van der Waals surface area contributed by atoms with Gasteiger partial charge >= 0.3 is 0 Å². The molecule has 1 aliphatic rings. The molecular weight excluding hydrogens is 276 g/mol. The molecule has 1 atom stereocenters. The predicted octanol–water partition coefficient (Wildman–Crippen LogP) is 6.37. The van der Waals surface area contributed by atoms with Crippen LogP contribution in [0.4, 0.5) is 0 Å². The van der Waals surface area contributed by atoms with Crippen LogP contribution in [0.1, 0.15) is 50.2 Å². The minimum Gasteiger partial charge on any atom is -0.0704 e. The number of benzene rings is 2. The molecule has 0 heterocycles. The highest BCUT2D eigenvalue weighted by Gasteiger charge is 2.18. The largest absolute Gasteiger partial charge is 0.0704 e. The minimum atomic E-state index is 0.719. The van der Waals surface area contributed by atoms with Crippen LogP contribution in [0.5, 0.6) is 0 Å². The molecule has 1 unspecified atom stereocenters. The Bertz CT molecular complexity index is 622. The van der Waals surface area contributed by atoms with Gasteiger partial charge < -0.3 is 0 Å². The monoisotopic (exact) mass is 304 g/mol. The molecule has 2 aromatic rings. The number of allylic oxidation sites excluding steroid dienone is 2. The van der Waals surface area contributed by atoms with Gasteiger partial charge in [-0.1, -0.05) is 84.7 Å². The molecule has 0 radical (unpaired) electrons. The smallest absolute Gasteiger partial charge is 0.00644 e. The van der Waals surface area contributed by atoms with E-state index in [0.717, 1.165) is 12.3 Å². The van der Waals surface area contributed by atoms with Gasteiger partial charge in [0, 0.05) is 0 Å². The maximum atomic E-state index is 2.40. The van der Waals surface area contributed by atoms with E-state index in [2.05, 4.69) is 67.6 Å². The molecule has 23 heavy (non-hydrogen) atoms. The fraction of sp³-hybridized carbons (Fsp3) is 0.391. The first-order valence-electron chi connectivity index (χ1n) is 9.09. The van der Waals surface area contributed by atoms with Crippen molar-refractivity contribution in [2.45, 2.75) is 51.9 Å². The highest BCUT2D eigenvalue weighted by atomic mass is 14.2. The summed E-state index contributed by atoms with van der Waals surface area (Å²) in [6, 6.07) is 22.0. The van der Waals surface area contributed by atoms with Crippen LogP contribution >= 0.6 is 0 Å². The maximum absolute atomic E-state index is 2.40. The molecule has 2 aromatic carbocycles. The molecule has 0 saturated carbocycles. The van der Waals surface area contributed by atoms with Gasteiger partial charge in [0.15, 0.2) is 0 Å². The van der Waals surface area contributed by atoms with Gasteiger partial charge in [-0.25, -0.2) is 0 Å². The van der Waals surface area contributed by atoms with E-state index in [4.69, 9.17) is 0 Å². The second-order valence-corrected chi connectivity index (χ2v) is 6.93. The van der Waals surface area contributed by atoms with Gasteiger partial charge in [-0.05, 0) is 56.1 Å². The van der Waals surface area contributed by atoms with Crippen molar-refractivity contribution < 1.29 is 0 Å². The molecule has 1 aliphatic carbocycles. The SMILES string of the molecule is C/C1=C(\Cc2ccccc2)CCCCCC1Cc1ccccc1. The molecule has 0 aliphatic heterocycles. The Morgan fingerprint density at radius 2 is 1.43 bits per heavy atom. The van der Waals surface area contributed by atoms with E-state index in [-0.39, 0.29) is 0 Å². The molecular formula is C23H28. The molecule has 3 rings (SSSR count). The van der Waals surface area contributed by atoms with Crippen LogP contribution in [0.3, 0.4) is 0 Å². The average molecular weight is 304 g/mol. The van der Waals surface area contributed by atoms with Crippen molar-refractivity contribution in [2.75, 3.05) is 0 Å². The first-order chi connectivity index (χ1) is 11.3. The summed E-state index contributed by atoms with van der Waals surface area (Å²) in [5, 5.41) is 0. The first kappa shape index (κ1) is 16.1. The molecule has 0 nitrogen and oxygen atoms in total. The zero-order valence-corrected chi connectivity index (χ0v) is 14.3. The lowest BCUT2D eigenvalue weighted by Crippen LogP contribution is -2.12. The average Bonchev–Trinajstić information content (AvgIpc) is 2.59. The number of rotatable bonds is 4. The lowest BCUT2D eigenvalue weighted by Gasteiger charge is -2.25. The molecule has 0 fully saturated rings. The van der Waals surface area contributed by atoms with Crippen LogP contribution in [-0.2, 0) is 12.8 Å². The fourth-order valence-corrected chi connectivity index (χ4v) is 3.83. The zero-order valence-electron chi connectivity index (χ0n) is 14.3. The molecule has 0 N–H and O–H groups in total. The van der Waals surface area contributed by atoms with Crippen LogP contribution in [0.25, 0.3) is 0 Å². The van der Waals surface area contributed by atoms with Gasteiger partial charge in [-0.3, -0.25) is 0 Å². The Hall–Kier alpha value is -1.82. The third kappa shape index (κ3) is 4.58. The molecule has 0 amide bonds. The van der Waals surface area contributed by atoms with E-state index in [1.165, 1.54) is 49.7 Å². The first-order valence-corrected chi connectivity index (χ1v) is 9.09. The lowest BCUT2D eigenvalue weighted by atomic mass is 9.81. The lowest BCUT2D eigenvalue weighted by molar-refractivity contribution is 0.484. The fourth-order valence-electron chi connectivity index (χ4n) is 3.83. The Labute approximate surface area is 141 Å². The molecule has 0 saturated heterocycles. The number of hydrogen-bond donors (Lipinski definition) is 0. The van der Waals surface area contributed by atoms with Gasteiger partial charge in [-0.2, -0.15) is 0 Å². The second-order valence-electron chi connectivity index (χ2n) is 6.93. The maximum Gasteiger partial charge on any atom is -0.00644 e. The quantitative estimate of drug-likeness (QED) is 0.576. The summed E-state index contributed by atoms with van der Waals surface area (Å²) in [6.45, 7) is 2.40. The van der Waals surface area contributed by atoms with E-state index < -0.39 is 0 Å². The normalized spacial score (nSPS) is 22.4. The van der Waals surface area contributed by atoms with Crippen molar-refractivity contribution in [2.24, 2.45) is 5.92 Å². The van der Waals surface area contributed by atoms with Crippen molar-refractivity contribution in [3.05, 3.63) is 82.9 Å². The Morgan fingerprint density at radius 3 is 2.13 bits per heavy atom. The van der Waals surface area contributed by atoms with Crippen LogP contribution < -0.4 is 0 Å². The third-order valence-electron chi connectivity index (χ3n) is 5.29. The highest BCUT2D eigenvalue weighted by Crippen LogP contribution is 2.32. The minimum absolute atomic E-state index is 0.719. The van der Waals surface area contributed by atoms with Crippen molar-refractivity contribution in [1.29, 1.82) is 0 Å². The van der Waals surface area contributed by atoms with E-state index >= 15 is 0 Å². The summed E-state index contributed by atoms with van der Waals surface area (Å²) < 4.78 is 0. The third-order valence-corrected chi connectivity index (χ3v) is 5.29. The van der Waals surface area contributed by atoms with E-state index in [9.17, 15) is 0 Å². The van der Waals surface area contributed by atoms with Gasteiger partial charge in [0.05, 0.1) is 0 Å². The van der Waals surface area contributed by atoms with Gasteiger partial charge in [0.25, 0.3) is 0 Å². The summed E-state index contributed by atoms with van der Waals surface area (Å²) in [7, 11) is 0. The van der Waals surface area contributed by atoms with Crippen LogP contribution in [0.2, 0.25) is 0 Å². The summed E-state index contributed by atoms with van der Waals surface area (Å²) >= 11 is 0.